The Morgan fingerprint density at radius 1 is 0.904 bits per heavy atom. The Morgan fingerprint density at radius 3 is 2.42 bits per heavy atom. The van der Waals surface area contributed by atoms with E-state index >= 15 is 0 Å². The fourth-order valence-electron chi connectivity index (χ4n) is 6.29. The molecule has 0 aliphatic heterocycles. The number of imidazole rings is 1. The fourth-order valence-corrected chi connectivity index (χ4v) is 7.69. The number of benzene rings is 4. The molecule has 265 valence electrons. The summed E-state index contributed by atoms with van der Waals surface area (Å²) < 4.78 is 48.0. The smallest absolute Gasteiger partial charge is 0.216 e. The maximum absolute atomic E-state index is 8.59. The standard InChI is InChI=1S/C26H18N3O.C19H26NSi.Ir/c1-17-14-15-20-19-10-7-11-21(24(19)30-26(20)27-17)25-28-22-12-5-6-13-23(22)29(25)16-18-8-3-2-4-9-18;1-14(2)11-17-12-18(16-9-7-15(3)8-10-16)20-13-19(17)21(4,5)6;/h2-10,12-15H,16H2,1H3;7-9,12-14H,11H2,1-6H3;/q2*-1;/i;3D3,11D2;. The number of nitrogens with zero attached hydrogens (tertiary/aromatic N) is 4. The molecule has 7 heteroatoms. The van der Waals surface area contributed by atoms with E-state index in [0.29, 0.717) is 22.5 Å². The second kappa shape index (κ2) is 15.5. The van der Waals surface area contributed by atoms with Crippen LogP contribution in [-0.4, -0.2) is 27.6 Å². The molecule has 4 heterocycles. The van der Waals surface area contributed by atoms with Crippen molar-refractivity contribution in [3.8, 4) is 22.6 Å². The van der Waals surface area contributed by atoms with Gasteiger partial charge in [0.25, 0.3) is 0 Å². The maximum Gasteiger partial charge on any atom is 0.216 e. The van der Waals surface area contributed by atoms with Crippen LogP contribution in [-0.2, 0) is 33.0 Å². The number of pyridine rings is 2. The van der Waals surface area contributed by atoms with Gasteiger partial charge in [-0.05, 0) is 59.9 Å². The fraction of sp³-hybridized carbons (Fsp3) is 0.222. The number of aryl methyl sites for hydroxylation is 2. The van der Waals surface area contributed by atoms with Crippen LogP contribution in [0.2, 0.25) is 19.6 Å². The molecule has 0 aliphatic rings. The van der Waals surface area contributed by atoms with Gasteiger partial charge in [0.2, 0.25) is 5.71 Å². The topological polar surface area (TPSA) is 56.7 Å². The maximum atomic E-state index is 8.59. The number of rotatable bonds is 7. The Hall–Kier alpha value is -4.68. The van der Waals surface area contributed by atoms with E-state index in [1.807, 2.05) is 69.3 Å². The molecule has 0 saturated heterocycles. The molecule has 52 heavy (non-hydrogen) atoms. The van der Waals surface area contributed by atoms with Crippen molar-refractivity contribution in [2.24, 2.45) is 5.92 Å². The van der Waals surface area contributed by atoms with Crippen molar-refractivity contribution >= 4 is 46.4 Å². The van der Waals surface area contributed by atoms with Crippen molar-refractivity contribution in [3.63, 3.8) is 0 Å². The van der Waals surface area contributed by atoms with Crippen LogP contribution in [0.4, 0.5) is 0 Å². The number of aromatic nitrogens is 4. The molecule has 8 rings (SSSR count). The molecule has 0 amide bonds. The molecule has 0 spiro atoms. The number of furan rings is 1. The van der Waals surface area contributed by atoms with Crippen LogP contribution in [0.1, 0.15) is 43.1 Å². The van der Waals surface area contributed by atoms with Gasteiger partial charge in [-0.3, -0.25) is 4.98 Å². The molecular weight excluding hydrogens is 833 g/mol. The van der Waals surface area contributed by atoms with E-state index in [1.165, 1.54) is 11.6 Å². The van der Waals surface area contributed by atoms with Gasteiger partial charge in [-0.1, -0.05) is 105 Å². The van der Waals surface area contributed by atoms with Crippen LogP contribution < -0.4 is 5.19 Å². The quantitative estimate of drug-likeness (QED) is 0.118. The van der Waals surface area contributed by atoms with E-state index in [9.17, 15) is 0 Å². The van der Waals surface area contributed by atoms with Gasteiger partial charge in [0, 0.05) is 50.8 Å². The third-order valence-electron chi connectivity index (χ3n) is 8.74. The van der Waals surface area contributed by atoms with Crippen molar-refractivity contribution in [2.45, 2.75) is 60.2 Å². The molecule has 0 bridgehead atoms. The summed E-state index contributed by atoms with van der Waals surface area (Å²) in [5.74, 6) is 0.677. The van der Waals surface area contributed by atoms with E-state index in [1.54, 1.807) is 18.3 Å². The summed E-state index contributed by atoms with van der Waals surface area (Å²) in [4.78, 5) is 14.1. The van der Waals surface area contributed by atoms with Gasteiger partial charge in [0.1, 0.15) is 0 Å². The molecule has 0 N–H and O–H groups in total. The third kappa shape index (κ3) is 7.87. The summed E-state index contributed by atoms with van der Waals surface area (Å²) in [7, 11) is -1.78. The average Bonchev–Trinajstić information content (AvgIpc) is 3.72. The number of fused-ring (bicyclic) bond motifs is 4. The minimum atomic E-state index is -2.16. The average molecular weight is 882 g/mol. The Bertz CT molecular complexity index is 2670. The van der Waals surface area contributed by atoms with Crippen molar-refractivity contribution in [3.05, 3.63) is 144 Å². The SMILES string of the molecule is Cc1ccc2c(n1)oc1c(-c3nc4ccccc4n3Cc3ccccc3)[c-]ccc12.[2H]C([2H])([2H])c1c[c-]c(-c2cc(C([2H])([2H])C(C)C)c([Si](C)(C)C)cn2)cc1.[Ir]. The first-order chi connectivity index (χ1) is 26.5. The van der Waals surface area contributed by atoms with E-state index in [-0.39, 0.29) is 31.6 Å². The first kappa shape index (κ1) is 30.9. The van der Waals surface area contributed by atoms with Crippen molar-refractivity contribution in [1.29, 1.82) is 0 Å². The Kier molecular flexibility index (Phi) is 9.21. The molecule has 4 aromatic heterocycles. The summed E-state index contributed by atoms with van der Waals surface area (Å²) in [6.45, 7) is 10.8. The van der Waals surface area contributed by atoms with Crippen LogP contribution in [0.25, 0.3) is 55.7 Å². The predicted molar refractivity (Wildman–Crippen MR) is 214 cm³/mol. The molecule has 0 saturated carbocycles. The van der Waals surface area contributed by atoms with Gasteiger partial charge in [-0.2, -0.15) is 0 Å². The zero-order valence-electron chi connectivity index (χ0n) is 35.2. The molecule has 8 aromatic rings. The second-order valence-electron chi connectivity index (χ2n) is 14.2. The zero-order chi connectivity index (χ0) is 40.0. The molecule has 5 nitrogen and oxygen atoms in total. The summed E-state index contributed by atoms with van der Waals surface area (Å²) in [5, 5.41) is 3.06. The minimum Gasteiger partial charge on any atom is -0.486 e. The number of hydrogen-bond donors (Lipinski definition) is 0. The molecule has 0 aliphatic carbocycles. The Balaban J connectivity index is 0.000000192. The summed E-state index contributed by atoms with van der Waals surface area (Å²) in [5.41, 5.74) is 8.68. The van der Waals surface area contributed by atoms with Crippen LogP contribution in [0, 0.1) is 31.8 Å². The number of para-hydroxylation sites is 2. The van der Waals surface area contributed by atoms with E-state index < -0.39 is 21.3 Å². The number of hydrogen-bond acceptors (Lipinski definition) is 4. The molecular formula is C45H44IrN4OSi-2. The van der Waals surface area contributed by atoms with Gasteiger partial charge < -0.3 is 14.0 Å². The van der Waals surface area contributed by atoms with Gasteiger partial charge in [-0.15, -0.1) is 53.6 Å². The van der Waals surface area contributed by atoms with Gasteiger partial charge >= 0.3 is 0 Å². The first-order valence-corrected chi connectivity index (χ1v) is 20.8. The van der Waals surface area contributed by atoms with E-state index in [2.05, 4.69) is 82.7 Å². The van der Waals surface area contributed by atoms with Crippen LogP contribution in [0.5, 0.6) is 0 Å². The molecule has 1 radical (unpaired) electrons. The van der Waals surface area contributed by atoms with E-state index in [4.69, 9.17) is 16.3 Å². The molecule has 0 unspecified atom stereocenters. The Morgan fingerprint density at radius 2 is 1.69 bits per heavy atom. The summed E-state index contributed by atoms with van der Waals surface area (Å²) in [6.07, 6.45) is 0.328. The van der Waals surface area contributed by atoms with Crippen LogP contribution >= 0.6 is 0 Å². The third-order valence-corrected chi connectivity index (χ3v) is 10.8. The Labute approximate surface area is 328 Å². The summed E-state index contributed by atoms with van der Waals surface area (Å²) in [6, 6.07) is 39.6. The molecule has 4 aromatic carbocycles. The van der Waals surface area contributed by atoms with E-state index in [0.717, 1.165) is 56.2 Å². The monoisotopic (exact) mass is 882 g/mol. The van der Waals surface area contributed by atoms with Crippen LogP contribution in [0.15, 0.2) is 114 Å². The van der Waals surface area contributed by atoms with Gasteiger partial charge in [0.05, 0.1) is 30.5 Å². The van der Waals surface area contributed by atoms with Crippen molar-refractivity contribution < 1.29 is 31.4 Å². The largest absolute Gasteiger partial charge is 0.486 e. The summed E-state index contributed by atoms with van der Waals surface area (Å²) >= 11 is 0. The molecule has 0 fully saturated rings. The van der Waals surface area contributed by atoms with Crippen molar-refractivity contribution in [2.75, 3.05) is 0 Å². The zero-order valence-corrected chi connectivity index (χ0v) is 33.6. The van der Waals surface area contributed by atoms with Crippen LogP contribution in [0.3, 0.4) is 0 Å². The first-order valence-electron chi connectivity index (χ1n) is 19.8. The minimum absolute atomic E-state index is 0. The van der Waals surface area contributed by atoms with Crippen molar-refractivity contribution in [1.82, 2.24) is 19.5 Å². The predicted octanol–water partition coefficient (Wildman–Crippen LogP) is 10.8. The normalized spacial score (nSPS) is 13.5. The second-order valence-corrected chi connectivity index (χ2v) is 19.2. The van der Waals surface area contributed by atoms with Gasteiger partial charge in [-0.25, -0.2) is 4.98 Å². The molecule has 0 atom stereocenters. The van der Waals surface area contributed by atoms with Gasteiger partial charge in [0.15, 0.2) is 0 Å².